The van der Waals surface area contributed by atoms with Crippen molar-refractivity contribution in [3.63, 3.8) is 0 Å². The third kappa shape index (κ3) is 4.54. The van der Waals surface area contributed by atoms with Crippen LogP contribution in [0, 0.1) is 0 Å². The molecular formula is C20H23N7O2S. The maximum atomic E-state index is 5.56. The van der Waals surface area contributed by atoms with Gasteiger partial charge in [0.2, 0.25) is 0 Å². The maximum absolute atomic E-state index is 5.56. The highest BCUT2D eigenvalue weighted by atomic mass is 32.2. The van der Waals surface area contributed by atoms with Crippen molar-refractivity contribution in [3.05, 3.63) is 54.2 Å². The molecule has 0 amide bonds. The molecular weight excluding hydrogens is 402 g/mol. The predicted molar refractivity (Wildman–Crippen MR) is 112 cm³/mol. The summed E-state index contributed by atoms with van der Waals surface area (Å²) in [4.78, 5) is 0. The van der Waals surface area contributed by atoms with Gasteiger partial charge in [-0.05, 0) is 41.1 Å². The molecule has 0 aliphatic rings. The summed E-state index contributed by atoms with van der Waals surface area (Å²) >= 11 is 1.55. The third-order valence-electron chi connectivity index (χ3n) is 4.60. The average Bonchev–Trinajstić information content (AvgIpc) is 3.53. The van der Waals surface area contributed by atoms with Gasteiger partial charge in [-0.15, -0.1) is 15.3 Å². The van der Waals surface area contributed by atoms with Crippen LogP contribution in [0.2, 0.25) is 0 Å². The predicted octanol–water partition coefficient (Wildman–Crippen LogP) is 3.67. The van der Waals surface area contributed by atoms with Gasteiger partial charge in [0.25, 0.3) is 0 Å². The van der Waals surface area contributed by atoms with Crippen LogP contribution < -0.4 is 4.74 Å². The first-order valence-corrected chi connectivity index (χ1v) is 10.7. The van der Waals surface area contributed by atoms with E-state index in [-0.39, 0.29) is 0 Å². The standard InChI is InChI=1S/C20H23N7O2S/c1-3-4-10-27-18(21-24-25-27)14-30-20-23-22-19(15-7-5-8-16(12-15)28-2)26(20)13-17-9-6-11-29-17/h5-9,11-12H,3-4,10,13-14H2,1-2H3. The smallest absolute Gasteiger partial charge is 0.192 e. The lowest BCUT2D eigenvalue weighted by Gasteiger charge is -2.10. The van der Waals surface area contributed by atoms with Crippen LogP contribution in [-0.4, -0.2) is 42.1 Å². The van der Waals surface area contributed by atoms with Crippen molar-refractivity contribution in [3.8, 4) is 17.1 Å². The van der Waals surface area contributed by atoms with Crippen LogP contribution >= 0.6 is 11.8 Å². The van der Waals surface area contributed by atoms with Gasteiger partial charge in [0.05, 0.1) is 25.7 Å². The van der Waals surface area contributed by atoms with E-state index < -0.39 is 0 Å². The fraction of sp³-hybridized carbons (Fsp3) is 0.350. The number of hydrogen-bond donors (Lipinski definition) is 0. The number of methoxy groups -OCH3 is 1. The highest BCUT2D eigenvalue weighted by molar-refractivity contribution is 7.98. The van der Waals surface area contributed by atoms with Crippen LogP contribution in [0.1, 0.15) is 31.4 Å². The minimum Gasteiger partial charge on any atom is -0.497 e. The Morgan fingerprint density at radius 1 is 1.13 bits per heavy atom. The molecule has 156 valence electrons. The lowest BCUT2D eigenvalue weighted by atomic mass is 10.2. The summed E-state index contributed by atoms with van der Waals surface area (Å²) in [5, 5.41) is 21.7. The molecule has 30 heavy (non-hydrogen) atoms. The van der Waals surface area contributed by atoms with Crippen molar-refractivity contribution < 1.29 is 9.15 Å². The van der Waals surface area contributed by atoms with E-state index in [9.17, 15) is 0 Å². The second-order valence-electron chi connectivity index (χ2n) is 6.66. The van der Waals surface area contributed by atoms with Crippen LogP contribution in [0.3, 0.4) is 0 Å². The van der Waals surface area contributed by atoms with Gasteiger partial charge < -0.3 is 9.15 Å². The number of ether oxygens (including phenoxy) is 1. The minimum atomic E-state index is 0.523. The van der Waals surface area contributed by atoms with E-state index in [1.165, 1.54) is 0 Å². The van der Waals surface area contributed by atoms with Crippen LogP contribution in [0.15, 0.2) is 52.2 Å². The normalized spacial score (nSPS) is 11.1. The summed E-state index contributed by atoms with van der Waals surface area (Å²) in [7, 11) is 1.65. The molecule has 4 rings (SSSR count). The van der Waals surface area contributed by atoms with E-state index in [1.54, 1.807) is 25.1 Å². The first kappa shape index (κ1) is 20.1. The van der Waals surface area contributed by atoms with E-state index >= 15 is 0 Å². The molecule has 0 bridgehead atoms. The van der Waals surface area contributed by atoms with Gasteiger partial charge in [-0.2, -0.15) is 0 Å². The van der Waals surface area contributed by atoms with Crippen molar-refractivity contribution in [2.45, 2.75) is 43.8 Å². The van der Waals surface area contributed by atoms with Crippen LogP contribution in [0.5, 0.6) is 5.75 Å². The van der Waals surface area contributed by atoms with E-state index in [1.807, 2.05) is 45.6 Å². The summed E-state index contributed by atoms with van der Waals surface area (Å²) in [6.07, 6.45) is 3.80. The number of thioether (sulfide) groups is 1. The molecule has 0 unspecified atom stereocenters. The largest absolute Gasteiger partial charge is 0.497 e. The quantitative estimate of drug-likeness (QED) is 0.355. The molecule has 1 aromatic carbocycles. The van der Waals surface area contributed by atoms with Gasteiger partial charge in [0.15, 0.2) is 16.8 Å². The molecule has 0 aliphatic carbocycles. The molecule has 0 radical (unpaired) electrons. The molecule has 0 spiro atoms. The summed E-state index contributed by atoms with van der Waals surface area (Å²) < 4.78 is 14.8. The fourth-order valence-corrected chi connectivity index (χ4v) is 3.88. The van der Waals surface area contributed by atoms with Crippen LogP contribution in [-0.2, 0) is 18.8 Å². The summed E-state index contributed by atoms with van der Waals surface area (Å²) in [5.74, 6) is 3.77. The third-order valence-corrected chi connectivity index (χ3v) is 5.56. The Morgan fingerprint density at radius 2 is 2.07 bits per heavy atom. The monoisotopic (exact) mass is 425 g/mol. The topological polar surface area (TPSA) is 96.7 Å². The Hall–Kier alpha value is -3.14. The summed E-state index contributed by atoms with van der Waals surface area (Å²) in [6.45, 7) is 3.49. The Bertz CT molecular complexity index is 1070. The number of nitrogens with zero attached hydrogens (tertiary/aromatic N) is 7. The lowest BCUT2D eigenvalue weighted by molar-refractivity contribution is 0.415. The van der Waals surface area contributed by atoms with Crippen molar-refractivity contribution in [1.82, 2.24) is 35.0 Å². The zero-order chi connectivity index (χ0) is 20.8. The highest BCUT2D eigenvalue weighted by Gasteiger charge is 2.18. The zero-order valence-electron chi connectivity index (χ0n) is 16.9. The van der Waals surface area contributed by atoms with E-state index in [0.29, 0.717) is 12.3 Å². The number of aromatic nitrogens is 7. The van der Waals surface area contributed by atoms with E-state index in [2.05, 4.69) is 32.6 Å². The lowest BCUT2D eigenvalue weighted by Crippen LogP contribution is -2.06. The first-order valence-electron chi connectivity index (χ1n) is 9.76. The number of benzene rings is 1. The van der Waals surface area contributed by atoms with Gasteiger partial charge in [-0.3, -0.25) is 4.57 Å². The molecule has 0 N–H and O–H groups in total. The van der Waals surface area contributed by atoms with Crippen molar-refractivity contribution in [1.29, 1.82) is 0 Å². The molecule has 3 heterocycles. The van der Waals surface area contributed by atoms with Crippen molar-refractivity contribution in [2.75, 3.05) is 7.11 Å². The molecule has 9 nitrogen and oxygen atoms in total. The van der Waals surface area contributed by atoms with Crippen molar-refractivity contribution >= 4 is 11.8 Å². The second kappa shape index (κ2) is 9.57. The summed E-state index contributed by atoms with van der Waals surface area (Å²) in [5.41, 5.74) is 0.924. The molecule has 0 saturated heterocycles. The highest BCUT2D eigenvalue weighted by Crippen LogP contribution is 2.28. The average molecular weight is 426 g/mol. The fourth-order valence-electron chi connectivity index (χ4n) is 3.01. The van der Waals surface area contributed by atoms with Gasteiger partial charge in [-0.1, -0.05) is 37.2 Å². The minimum absolute atomic E-state index is 0.523. The number of furan rings is 1. The van der Waals surface area contributed by atoms with Gasteiger partial charge in [0.1, 0.15) is 11.5 Å². The number of tetrazole rings is 1. The van der Waals surface area contributed by atoms with E-state index in [4.69, 9.17) is 9.15 Å². The molecule has 4 aromatic rings. The number of unbranched alkanes of at least 4 members (excludes halogenated alkanes) is 1. The number of aryl methyl sites for hydroxylation is 1. The van der Waals surface area contributed by atoms with E-state index in [0.717, 1.165) is 53.3 Å². The molecule has 0 aliphatic heterocycles. The zero-order valence-corrected chi connectivity index (χ0v) is 17.7. The SMILES string of the molecule is CCCCn1nnnc1CSc1nnc(-c2cccc(OC)c2)n1Cc1ccco1. The Labute approximate surface area is 178 Å². The Kier molecular flexibility index (Phi) is 6.43. The second-order valence-corrected chi connectivity index (χ2v) is 7.61. The molecule has 0 fully saturated rings. The van der Waals surface area contributed by atoms with Gasteiger partial charge in [-0.25, -0.2) is 4.68 Å². The van der Waals surface area contributed by atoms with Gasteiger partial charge >= 0.3 is 0 Å². The first-order chi connectivity index (χ1) is 14.8. The summed E-state index contributed by atoms with van der Waals surface area (Å²) in [6, 6.07) is 11.6. The van der Waals surface area contributed by atoms with Crippen LogP contribution in [0.4, 0.5) is 0 Å². The number of rotatable bonds is 10. The molecule has 0 saturated carbocycles. The Morgan fingerprint density at radius 3 is 2.87 bits per heavy atom. The molecule has 3 aromatic heterocycles. The Balaban J connectivity index is 1.61. The molecule has 0 atom stereocenters. The van der Waals surface area contributed by atoms with Crippen molar-refractivity contribution in [2.24, 2.45) is 0 Å². The maximum Gasteiger partial charge on any atom is 0.192 e. The number of hydrogen-bond acceptors (Lipinski definition) is 8. The van der Waals surface area contributed by atoms with Crippen LogP contribution in [0.25, 0.3) is 11.4 Å². The molecule has 10 heteroatoms. The van der Waals surface area contributed by atoms with Gasteiger partial charge in [0, 0.05) is 12.1 Å².